The number of benzene rings is 1. The van der Waals surface area contributed by atoms with Crippen LogP contribution in [0.25, 0.3) is 0 Å². The summed E-state index contributed by atoms with van der Waals surface area (Å²) in [6.45, 7) is 6.42. The summed E-state index contributed by atoms with van der Waals surface area (Å²) in [5.41, 5.74) is 5.11. The molecule has 0 heterocycles. The average Bonchev–Trinajstić information content (AvgIpc) is 2.41. The fourth-order valence-corrected chi connectivity index (χ4v) is 3.74. The molecule has 0 unspecified atom stereocenters. The Bertz CT molecular complexity index is 474. The lowest BCUT2D eigenvalue weighted by Gasteiger charge is -2.30. The summed E-state index contributed by atoms with van der Waals surface area (Å²) in [6, 6.07) is 0. The van der Waals surface area contributed by atoms with E-state index in [1.165, 1.54) is 26.7 Å². The van der Waals surface area contributed by atoms with Crippen LogP contribution >= 0.6 is 15.9 Å². The van der Waals surface area contributed by atoms with Crippen molar-refractivity contribution < 1.29 is 9.84 Å². The van der Waals surface area contributed by atoms with Crippen LogP contribution in [-0.4, -0.2) is 18.3 Å². The van der Waals surface area contributed by atoms with Gasteiger partial charge < -0.3 is 9.84 Å². The number of hydrogen-bond donors (Lipinski definition) is 1. The minimum atomic E-state index is -0.113. The minimum absolute atomic E-state index is 0.113. The number of halogens is 1. The number of methoxy groups -OCH3 is 1. The number of aliphatic hydroxyl groups excluding tert-OH is 1. The van der Waals surface area contributed by atoms with Gasteiger partial charge in [-0.15, -0.1) is 0 Å². The van der Waals surface area contributed by atoms with Gasteiger partial charge in [-0.05, 0) is 69.1 Å². The Labute approximate surface area is 124 Å². The molecule has 0 aliphatic heterocycles. The standard InChI is InChI=1S/C16H23BrO2/c1-9-10(2)16(19-4)14(11(3)15(9)17)12-5-7-13(18)8-6-12/h12-13,18H,5-8H2,1-4H3. The van der Waals surface area contributed by atoms with Crippen LogP contribution in [-0.2, 0) is 0 Å². The molecule has 2 rings (SSSR count). The van der Waals surface area contributed by atoms with Crippen LogP contribution < -0.4 is 4.74 Å². The molecule has 1 aromatic rings. The summed E-state index contributed by atoms with van der Waals surface area (Å²) in [5, 5.41) is 9.68. The molecule has 0 spiro atoms. The van der Waals surface area contributed by atoms with E-state index in [-0.39, 0.29) is 6.10 Å². The second-order valence-corrected chi connectivity index (χ2v) is 6.43. The predicted molar refractivity (Wildman–Crippen MR) is 82.1 cm³/mol. The second-order valence-electron chi connectivity index (χ2n) is 5.64. The lowest BCUT2D eigenvalue weighted by molar-refractivity contribution is 0.122. The molecule has 0 amide bonds. The SMILES string of the molecule is COc1c(C)c(C)c(Br)c(C)c1C1CCC(O)CC1. The van der Waals surface area contributed by atoms with E-state index in [0.717, 1.165) is 31.4 Å². The van der Waals surface area contributed by atoms with E-state index in [9.17, 15) is 5.11 Å². The Morgan fingerprint density at radius 2 is 1.58 bits per heavy atom. The highest BCUT2D eigenvalue weighted by atomic mass is 79.9. The highest BCUT2D eigenvalue weighted by Crippen LogP contribution is 2.44. The van der Waals surface area contributed by atoms with Gasteiger partial charge >= 0.3 is 0 Å². The van der Waals surface area contributed by atoms with E-state index in [1.54, 1.807) is 7.11 Å². The first-order chi connectivity index (χ1) is 8.97. The molecule has 0 aromatic heterocycles. The first-order valence-corrected chi connectivity index (χ1v) is 7.77. The quantitative estimate of drug-likeness (QED) is 0.872. The summed E-state index contributed by atoms with van der Waals surface area (Å²) in [4.78, 5) is 0. The van der Waals surface area contributed by atoms with Gasteiger partial charge in [0.05, 0.1) is 13.2 Å². The molecule has 1 N–H and O–H groups in total. The highest BCUT2D eigenvalue weighted by Gasteiger charge is 2.27. The van der Waals surface area contributed by atoms with E-state index in [1.807, 2.05) is 0 Å². The van der Waals surface area contributed by atoms with E-state index < -0.39 is 0 Å². The van der Waals surface area contributed by atoms with Crippen LogP contribution in [0.4, 0.5) is 0 Å². The molecule has 1 aliphatic carbocycles. The van der Waals surface area contributed by atoms with Crippen molar-refractivity contribution in [2.75, 3.05) is 7.11 Å². The minimum Gasteiger partial charge on any atom is -0.496 e. The maximum Gasteiger partial charge on any atom is 0.125 e. The third kappa shape index (κ3) is 2.68. The van der Waals surface area contributed by atoms with E-state index in [0.29, 0.717) is 5.92 Å². The molecule has 106 valence electrons. The topological polar surface area (TPSA) is 29.5 Å². The second kappa shape index (κ2) is 5.84. The van der Waals surface area contributed by atoms with Gasteiger partial charge in [-0.25, -0.2) is 0 Å². The molecule has 0 atom stereocenters. The third-order valence-corrected chi connectivity index (χ3v) is 5.71. The summed E-state index contributed by atoms with van der Waals surface area (Å²) in [5.74, 6) is 1.55. The smallest absolute Gasteiger partial charge is 0.125 e. The largest absolute Gasteiger partial charge is 0.496 e. The number of ether oxygens (including phenoxy) is 1. The van der Waals surface area contributed by atoms with Crippen LogP contribution in [0.2, 0.25) is 0 Å². The van der Waals surface area contributed by atoms with Gasteiger partial charge in [0.2, 0.25) is 0 Å². The zero-order chi connectivity index (χ0) is 14.2. The third-order valence-electron chi connectivity index (χ3n) is 4.52. The van der Waals surface area contributed by atoms with Crippen molar-refractivity contribution in [1.82, 2.24) is 0 Å². The Morgan fingerprint density at radius 1 is 1.00 bits per heavy atom. The van der Waals surface area contributed by atoms with Gasteiger partial charge in [0, 0.05) is 10.0 Å². The zero-order valence-corrected chi connectivity index (χ0v) is 13.8. The van der Waals surface area contributed by atoms with Crippen LogP contribution in [0.15, 0.2) is 4.47 Å². The van der Waals surface area contributed by atoms with Gasteiger partial charge in [0.15, 0.2) is 0 Å². The van der Waals surface area contributed by atoms with Crippen molar-refractivity contribution in [1.29, 1.82) is 0 Å². The van der Waals surface area contributed by atoms with Crippen molar-refractivity contribution in [3.63, 3.8) is 0 Å². The van der Waals surface area contributed by atoms with E-state index >= 15 is 0 Å². The summed E-state index contributed by atoms with van der Waals surface area (Å²) < 4.78 is 6.89. The van der Waals surface area contributed by atoms with Gasteiger partial charge in [-0.1, -0.05) is 15.9 Å². The zero-order valence-electron chi connectivity index (χ0n) is 12.2. The van der Waals surface area contributed by atoms with Crippen molar-refractivity contribution in [3.05, 3.63) is 26.7 Å². The van der Waals surface area contributed by atoms with E-state index in [4.69, 9.17) is 4.74 Å². The predicted octanol–water partition coefficient (Wildman–Crippen LogP) is 4.40. The van der Waals surface area contributed by atoms with Crippen LogP contribution in [0, 0.1) is 20.8 Å². The normalized spacial score (nSPS) is 23.5. The first-order valence-electron chi connectivity index (χ1n) is 6.98. The number of hydrogen-bond acceptors (Lipinski definition) is 2. The molecular weight excluding hydrogens is 304 g/mol. The molecule has 1 fully saturated rings. The summed E-state index contributed by atoms with van der Waals surface area (Å²) >= 11 is 3.72. The molecule has 2 nitrogen and oxygen atoms in total. The van der Waals surface area contributed by atoms with Crippen molar-refractivity contribution in [2.24, 2.45) is 0 Å². The molecule has 1 aromatic carbocycles. The molecule has 1 aliphatic rings. The summed E-state index contributed by atoms with van der Waals surface area (Å²) in [6.07, 6.45) is 3.79. The average molecular weight is 327 g/mol. The fraction of sp³-hybridized carbons (Fsp3) is 0.625. The Balaban J connectivity index is 2.49. The van der Waals surface area contributed by atoms with Gasteiger partial charge in [0.1, 0.15) is 5.75 Å². The Hall–Kier alpha value is -0.540. The molecule has 0 radical (unpaired) electrons. The summed E-state index contributed by atoms with van der Waals surface area (Å²) in [7, 11) is 1.76. The molecule has 3 heteroatoms. The van der Waals surface area contributed by atoms with Crippen molar-refractivity contribution in [3.8, 4) is 5.75 Å². The monoisotopic (exact) mass is 326 g/mol. The Kier molecular flexibility index (Phi) is 4.57. The Morgan fingerprint density at radius 3 is 2.11 bits per heavy atom. The highest BCUT2D eigenvalue weighted by molar-refractivity contribution is 9.10. The van der Waals surface area contributed by atoms with Crippen LogP contribution in [0.3, 0.4) is 0 Å². The van der Waals surface area contributed by atoms with Crippen molar-refractivity contribution in [2.45, 2.75) is 58.5 Å². The van der Waals surface area contributed by atoms with Gasteiger partial charge in [-0.2, -0.15) is 0 Å². The van der Waals surface area contributed by atoms with Gasteiger partial charge in [0.25, 0.3) is 0 Å². The molecule has 19 heavy (non-hydrogen) atoms. The fourth-order valence-electron chi connectivity index (χ4n) is 3.23. The van der Waals surface area contributed by atoms with Crippen molar-refractivity contribution >= 4 is 15.9 Å². The molecular formula is C16H23BrO2. The molecule has 0 bridgehead atoms. The maximum atomic E-state index is 9.68. The molecule has 1 saturated carbocycles. The number of rotatable bonds is 2. The first kappa shape index (κ1) is 14.9. The lowest BCUT2D eigenvalue weighted by Crippen LogP contribution is -2.18. The maximum absolute atomic E-state index is 9.68. The van der Waals surface area contributed by atoms with Crippen LogP contribution in [0.1, 0.15) is 53.9 Å². The molecule has 0 saturated heterocycles. The van der Waals surface area contributed by atoms with Gasteiger partial charge in [-0.3, -0.25) is 0 Å². The van der Waals surface area contributed by atoms with E-state index in [2.05, 4.69) is 36.7 Å². The lowest BCUT2D eigenvalue weighted by atomic mass is 9.79. The van der Waals surface area contributed by atoms with Crippen LogP contribution in [0.5, 0.6) is 5.75 Å². The number of aliphatic hydroxyl groups is 1.